The highest BCUT2D eigenvalue weighted by atomic mass is 16.1. The van der Waals surface area contributed by atoms with Gasteiger partial charge in [-0.1, -0.05) is 13.8 Å². The lowest BCUT2D eigenvalue weighted by Gasteiger charge is -2.28. The van der Waals surface area contributed by atoms with E-state index in [1.807, 2.05) is 0 Å². The van der Waals surface area contributed by atoms with E-state index in [4.69, 9.17) is 4.98 Å². The van der Waals surface area contributed by atoms with E-state index in [9.17, 15) is 4.79 Å². The Balaban J connectivity index is 2.07. The molecule has 0 radical (unpaired) electrons. The summed E-state index contributed by atoms with van der Waals surface area (Å²) in [5.41, 5.74) is 1.64. The highest BCUT2D eigenvalue weighted by molar-refractivity contribution is 5.96. The Morgan fingerprint density at radius 3 is 2.86 bits per heavy atom. The first-order valence-electron chi connectivity index (χ1n) is 8.01. The molecule has 3 rings (SSSR count). The molecule has 1 aromatic heterocycles. The molecule has 2 aliphatic heterocycles. The Hall–Kier alpha value is -1.65. The number of carbonyl (C=O) groups is 1. The molecule has 114 valence electrons. The van der Waals surface area contributed by atoms with Crippen molar-refractivity contribution < 1.29 is 4.79 Å². The van der Waals surface area contributed by atoms with Crippen molar-refractivity contribution in [1.82, 2.24) is 15.3 Å². The van der Waals surface area contributed by atoms with Gasteiger partial charge in [-0.2, -0.15) is 0 Å². The summed E-state index contributed by atoms with van der Waals surface area (Å²) in [6.07, 6.45) is 4.05. The van der Waals surface area contributed by atoms with Gasteiger partial charge < -0.3 is 10.2 Å². The third-order valence-corrected chi connectivity index (χ3v) is 4.32. The molecule has 0 bridgehead atoms. The molecule has 21 heavy (non-hydrogen) atoms. The Labute approximate surface area is 126 Å². The standard InChI is InChI=1S/C16H24N4O/c1-10(2)9-13-18-14-12(6-7-17-16(14)21)15(19-13)20-8-4-5-11(20)3/h10-11H,4-9H2,1-3H3,(H,17,21). The molecule has 1 saturated heterocycles. The normalized spacial score (nSPS) is 21.6. The third-order valence-electron chi connectivity index (χ3n) is 4.32. The molecule has 0 spiro atoms. The van der Waals surface area contributed by atoms with Crippen molar-refractivity contribution in [3.8, 4) is 0 Å². The molecule has 1 amide bonds. The summed E-state index contributed by atoms with van der Waals surface area (Å²) in [7, 11) is 0. The van der Waals surface area contributed by atoms with Gasteiger partial charge in [-0.05, 0) is 32.1 Å². The van der Waals surface area contributed by atoms with Gasteiger partial charge in [0.05, 0.1) is 0 Å². The summed E-state index contributed by atoms with van der Waals surface area (Å²) in [5, 5.41) is 2.90. The van der Waals surface area contributed by atoms with Crippen molar-refractivity contribution in [3.63, 3.8) is 0 Å². The van der Waals surface area contributed by atoms with Gasteiger partial charge in [0, 0.05) is 31.1 Å². The zero-order valence-corrected chi connectivity index (χ0v) is 13.1. The van der Waals surface area contributed by atoms with Crippen LogP contribution in [0.5, 0.6) is 0 Å². The number of amides is 1. The van der Waals surface area contributed by atoms with Gasteiger partial charge in [-0.25, -0.2) is 9.97 Å². The Bertz CT molecular complexity index is 555. The molecular formula is C16H24N4O. The Morgan fingerprint density at radius 1 is 1.38 bits per heavy atom. The molecule has 1 unspecified atom stereocenters. The molecule has 1 atom stereocenters. The summed E-state index contributed by atoms with van der Waals surface area (Å²) < 4.78 is 0. The number of hydrogen-bond donors (Lipinski definition) is 1. The molecule has 0 aliphatic carbocycles. The van der Waals surface area contributed by atoms with Crippen LogP contribution in [-0.2, 0) is 12.8 Å². The van der Waals surface area contributed by atoms with Crippen molar-refractivity contribution in [2.24, 2.45) is 5.92 Å². The maximum absolute atomic E-state index is 12.2. The first kappa shape index (κ1) is 14.3. The second-order valence-electron chi connectivity index (χ2n) is 6.58. The van der Waals surface area contributed by atoms with Crippen molar-refractivity contribution in [3.05, 3.63) is 17.1 Å². The van der Waals surface area contributed by atoms with Crippen LogP contribution in [-0.4, -0.2) is 35.0 Å². The molecule has 5 nitrogen and oxygen atoms in total. The van der Waals surface area contributed by atoms with Gasteiger partial charge in [-0.15, -0.1) is 0 Å². The second-order valence-corrected chi connectivity index (χ2v) is 6.58. The predicted octanol–water partition coefficient (Wildman–Crippen LogP) is 1.95. The molecule has 3 heterocycles. The maximum Gasteiger partial charge on any atom is 0.270 e. The minimum atomic E-state index is -0.0447. The van der Waals surface area contributed by atoms with Crippen LogP contribution in [0.15, 0.2) is 0 Å². The zero-order valence-electron chi connectivity index (χ0n) is 13.1. The summed E-state index contributed by atoms with van der Waals surface area (Å²) in [6.45, 7) is 8.27. The number of carbonyl (C=O) groups excluding carboxylic acids is 1. The molecule has 0 aromatic carbocycles. The van der Waals surface area contributed by atoms with Crippen LogP contribution in [0.3, 0.4) is 0 Å². The Morgan fingerprint density at radius 2 is 2.19 bits per heavy atom. The van der Waals surface area contributed by atoms with Crippen LogP contribution in [0.1, 0.15) is 55.5 Å². The van der Waals surface area contributed by atoms with Gasteiger partial charge in [-0.3, -0.25) is 4.79 Å². The number of rotatable bonds is 3. The van der Waals surface area contributed by atoms with Crippen LogP contribution in [0.25, 0.3) is 0 Å². The van der Waals surface area contributed by atoms with Gasteiger partial charge in [0.25, 0.3) is 5.91 Å². The maximum atomic E-state index is 12.2. The van der Waals surface area contributed by atoms with E-state index in [2.05, 4.69) is 36.0 Å². The second kappa shape index (κ2) is 5.62. The van der Waals surface area contributed by atoms with E-state index in [1.54, 1.807) is 0 Å². The molecule has 0 saturated carbocycles. The highest BCUT2D eigenvalue weighted by Crippen LogP contribution is 2.30. The van der Waals surface area contributed by atoms with Crippen molar-refractivity contribution in [1.29, 1.82) is 0 Å². The first-order valence-corrected chi connectivity index (χ1v) is 8.01. The Kier molecular flexibility index (Phi) is 3.83. The van der Waals surface area contributed by atoms with E-state index in [-0.39, 0.29) is 5.91 Å². The minimum Gasteiger partial charge on any atom is -0.354 e. The smallest absolute Gasteiger partial charge is 0.270 e. The zero-order chi connectivity index (χ0) is 15.0. The summed E-state index contributed by atoms with van der Waals surface area (Å²) >= 11 is 0. The first-order chi connectivity index (χ1) is 10.1. The van der Waals surface area contributed by atoms with Crippen LogP contribution in [0, 0.1) is 5.92 Å². The molecule has 5 heteroatoms. The number of anilines is 1. The lowest BCUT2D eigenvalue weighted by atomic mass is 10.0. The largest absolute Gasteiger partial charge is 0.354 e. The van der Waals surface area contributed by atoms with Crippen LogP contribution >= 0.6 is 0 Å². The summed E-state index contributed by atoms with van der Waals surface area (Å²) in [4.78, 5) is 23.9. The quantitative estimate of drug-likeness (QED) is 0.923. The van der Waals surface area contributed by atoms with Crippen molar-refractivity contribution in [2.45, 2.75) is 52.5 Å². The van der Waals surface area contributed by atoms with Gasteiger partial charge in [0.2, 0.25) is 0 Å². The lowest BCUT2D eigenvalue weighted by molar-refractivity contribution is 0.0940. The monoisotopic (exact) mass is 288 g/mol. The van der Waals surface area contributed by atoms with Gasteiger partial charge >= 0.3 is 0 Å². The average molecular weight is 288 g/mol. The number of aromatic nitrogens is 2. The van der Waals surface area contributed by atoms with Gasteiger partial charge in [0.15, 0.2) is 0 Å². The van der Waals surface area contributed by atoms with E-state index in [0.717, 1.165) is 36.6 Å². The SMILES string of the molecule is CC(C)Cc1nc2c(c(N3CCCC3C)n1)CCNC2=O. The van der Waals surface area contributed by atoms with Crippen molar-refractivity contribution >= 4 is 11.7 Å². The highest BCUT2D eigenvalue weighted by Gasteiger charge is 2.30. The fraction of sp³-hybridized carbons (Fsp3) is 0.688. The van der Waals surface area contributed by atoms with Crippen LogP contribution in [0.2, 0.25) is 0 Å². The predicted molar refractivity (Wildman–Crippen MR) is 82.7 cm³/mol. The summed E-state index contributed by atoms with van der Waals surface area (Å²) in [6, 6.07) is 0.501. The number of fused-ring (bicyclic) bond motifs is 1. The van der Waals surface area contributed by atoms with Crippen LogP contribution in [0.4, 0.5) is 5.82 Å². The lowest BCUT2D eigenvalue weighted by Crippen LogP contribution is -2.37. The minimum absolute atomic E-state index is 0.0447. The van der Waals surface area contributed by atoms with E-state index >= 15 is 0 Å². The molecular weight excluding hydrogens is 264 g/mol. The van der Waals surface area contributed by atoms with Crippen molar-refractivity contribution in [2.75, 3.05) is 18.0 Å². The molecule has 1 fully saturated rings. The van der Waals surface area contributed by atoms with E-state index < -0.39 is 0 Å². The van der Waals surface area contributed by atoms with Gasteiger partial charge in [0.1, 0.15) is 17.3 Å². The van der Waals surface area contributed by atoms with E-state index in [1.165, 1.54) is 12.8 Å². The fourth-order valence-corrected chi connectivity index (χ4v) is 3.26. The summed E-state index contributed by atoms with van der Waals surface area (Å²) in [5.74, 6) is 2.25. The topological polar surface area (TPSA) is 58.1 Å². The number of hydrogen-bond acceptors (Lipinski definition) is 4. The van der Waals surface area contributed by atoms with E-state index in [0.29, 0.717) is 24.2 Å². The number of nitrogens with zero attached hydrogens (tertiary/aromatic N) is 3. The molecule has 1 N–H and O–H groups in total. The van der Waals surface area contributed by atoms with Crippen LogP contribution < -0.4 is 10.2 Å². The number of nitrogens with one attached hydrogen (secondary N) is 1. The third kappa shape index (κ3) is 2.74. The molecule has 1 aromatic rings. The fourth-order valence-electron chi connectivity index (χ4n) is 3.26. The molecule has 2 aliphatic rings. The average Bonchev–Trinajstić information content (AvgIpc) is 2.84.